The average Bonchev–Trinajstić information content (AvgIpc) is 2.92. The number of hydrogen-bond acceptors (Lipinski definition) is 2. The van der Waals surface area contributed by atoms with Gasteiger partial charge in [-0.05, 0) is 37.7 Å². The van der Waals surface area contributed by atoms with Gasteiger partial charge < -0.3 is 4.98 Å². The zero-order valence-corrected chi connectivity index (χ0v) is 13.1. The molecule has 0 unspecified atom stereocenters. The fraction of sp³-hybridized carbons (Fsp3) is 0.333. The van der Waals surface area contributed by atoms with Gasteiger partial charge in [-0.3, -0.25) is 4.57 Å². The monoisotopic (exact) mass is 304 g/mol. The molecule has 0 saturated heterocycles. The largest absolute Gasteiger partial charge is 0.327 e. The summed E-state index contributed by atoms with van der Waals surface area (Å²) in [4.78, 5) is 3.22. The summed E-state index contributed by atoms with van der Waals surface area (Å²) >= 11 is 5.44. The second-order valence-electron chi connectivity index (χ2n) is 5.17. The standard InChI is InChI=1S/C15H17FN4S/c1-4-6-11-13-14(19(3)18-11)20(15(21)17-13)12-8-5-7-10(16)9(12)2/h5,7-8H,4,6H2,1-3H3,(H,17,21). The summed E-state index contributed by atoms with van der Waals surface area (Å²) in [5.41, 5.74) is 4.13. The van der Waals surface area contributed by atoms with Crippen molar-refractivity contribution in [3.8, 4) is 5.69 Å². The van der Waals surface area contributed by atoms with Crippen LogP contribution < -0.4 is 0 Å². The van der Waals surface area contributed by atoms with Crippen molar-refractivity contribution in [2.75, 3.05) is 0 Å². The Morgan fingerprint density at radius 1 is 1.38 bits per heavy atom. The van der Waals surface area contributed by atoms with Crippen LogP contribution in [0.1, 0.15) is 24.6 Å². The lowest BCUT2D eigenvalue weighted by molar-refractivity contribution is 0.616. The van der Waals surface area contributed by atoms with E-state index < -0.39 is 0 Å². The predicted molar refractivity (Wildman–Crippen MR) is 83.9 cm³/mol. The predicted octanol–water partition coefficient (Wildman–Crippen LogP) is 3.82. The van der Waals surface area contributed by atoms with E-state index >= 15 is 0 Å². The third-order valence-corrected chi connectivity index (χ3v) is 3.99. The molecule has 3 rings (SSSR count). The zero-order chi connectivity index (χ0) is 15.1. The van der Waals surface area contributed by atoms with E-state index in [1.54, 1.807) is 17.7 Å². The van der Waals surface area contributed by atoms with Crippen LogP contribution in [0.15, 0.2) is 18.2 Å². The van der Waals surface area contributed by atoms with Gasteiger partial charge in [-0.25, -0.2) is 9.07 Å². The molecule has 2 aromatic heterocycles. The Kier molecular flexibility index (Phi) is 3.41. The van der Waals surface area contributed by atoms with Gasteiger partial charge in [-0.1, -0.05) is 19.4 Å². The fourth-order valence-electron chi connectivity index (χ4n) is 2.69. The number of nitrogens with one attached hydrogen (secondary N) is 1. The van der Waals surface area contributed by atoms with E-state index in [0.717, 1.165) is 35.4 Å². The van der Waals surface area contributed by atoms with Crippen molar-refractivity contribution < 1.29 is 4.39 Å². The molecule has 0 fully saturated rings. The number of aromatic nitrogens is 4. The summed E-state index contributed by atoms with van der Waals surface area (Å²) in [5, 5.41) is 4.54. The number of hydrogen-bond donors (Lipinski definition) is 1. The van der Waals surface area contributed by atoms with Crippen LogP contribution in [-0.4, -0.2) is 19.3 Å². The van der Waals surface area contributed by atoms with E-state index in [2.05, 4.69) is 17.0 Å². The Bertz CT molecular complexity index is 872. The maximum atomic E-state index is 13.8. The molecular formula is C15H17FN4S. The lowest BCUT2D eigenvalue weighted by Crippen LogP contribution is -2.03. The minimum absolute atomic E-state index is 0.236. The SMILES string of the molecule is CCCc1nn(C)c2c1[nH]c(=S)n2-c1cccc(F)c1C. The van der Waals surface area contributed by atoms with Crippen molar-refractivity contribution in [2.45, 2.75) is 26.7 Å². The van der Waals surface area contributed by atoms with Crippen LogP contribution in [0.2, 0.25) is 0 Å². The topological polar surface area (TPSA) is 38.5 Å². The second-order valence-corrected chi connectivity index (χ2v) is 5.56. The normalized spacial score (nSPS) is 11.4. The number of aromatic amines is 1. The van der Waals surface area contributed by atoms with Crippen molar-refractivity contribution in [1.82, 2.24) is 19.3 Å². The number of fused-ring (bicyclic) bond motifs is 1. The van der Waals surface area contributed by atoms with Gasteiger partial charge in [0.15, 0.2) is 10.4 Å². The lowest BCUT2D eigenvalue weighted by atomic mass is 10.2. The van der Waals surface area contributed by atoms with E-state index in [1.807, 2.05) is 17.7 Å². The molecular weight excluding hydrogens is 287 g/mol. The number of H-pyrrole nitrogens is 1. The Morgan fingerprint density at radius 2 is 2.14 bits per heavy atom. The number of rotatable bonds is 3. The number of imidazole rings is 1. The fourth-order valence-corrected chi connectivity index (χ4v) is 2.97. The van der Waals surface area contributed by atoms with Crippen LogP contribution in [0.5, 0.6) is 0 Å². The molecule has 21 heavy (non-hydrogen) atoms. The van der Waals surface area contributed by atoms with Gasteiger partial charge in [0, 0.05) is 12.6 Å². The highest BCUT2D eigenvalue weighted by atomic mass is 32.1. The van der Waals surface area contributed by atoms with Gasteiger partial charge >= 0.3 is 0 Å². The van der Waals surface area contributed by atoms with Crippen LogP contribution in [0, 0.1) is 17.5 Å². The van der Waals surface area contributed by atoms with Crippen molar-refractivity contribution in [3.63, 3.8) is 0 Å². The Labute approximate surface area is 127 Å². The highest BCUT2D eigenvalue weighted by Gasteiger charge is 2.17. The molecule has 0 amide bonds. The molecule has 110 valence electrons. The second kappa shape index (κ2) is 5.11. The maximum Gasteiger partial charge on any atom is 0.184 e. The quantitative estimate of drug-likeness (QED) is 0.747. The first-order valence-corrected chi connectivity index (χ1v) is 7.37. The van der Waals surface area contributed by atoms with E-state index in [4.69, 9.17) is 12.2 Å². The van der Waals surface area contributed by atoms with E-state index in [0.29, 0.717) is 10.3 Å². The highest BCUT2D eigenvalue weighted by molar-refractivity contribution is 7.71. The third kappa shape index (κ3) is 2.10. The molecule has 1 aromatic carbocycles. The smallest absolute Gasteiger partial charge is 0.184 e. The number of aryl methyl sites for hydroxylation is 2. The van der Waals surface area contributed by atoms with Crippen molar-refractivity contribution in [2.24, 2.45) is 7.05 Å². The van der Waals surface area contributed by atoms with Crippen molar-refractivity contribution in [3.05, 3.63) is 40.0 Å². The molecule has 2 heterocycles. The first-order valence-electron chi connectivity index (χ1n) is 6.96. The Morgan fingerprint density at radius 3 is 2.86 bits per heavy atom. The maximum absolute atomic E-state index is 13.8. The Hall–Kier alpha value is -1.95. The van der Waals surface area contributed by atoms with E-state index in [1.165, 1.54) is 6.07 Å². The van der Waals surface area contributed by atoms with Gasteiger partial charge in [-0.2, -0.15) is 5.10 Å². The zero-order valence-electron chi connectivity index (χ0n) is 12.3. The average molecular weight is 304 g/mol. The molecule has 0 aliphatic rings. The van der Waals surface area contributed by atoms with Gasteiger partial charge in [0.2, 0.25) is 0 Å². The molecule has 0 aliphatic heterocycles. The third-order valence-electron chi connectivity index (χ3n) is 3.70. The minimum Gasteiger partial charge on any atom is -0.327 e. The Balaban J connectivity index is 2.35. The molecule has 1 N–H and O–H groups in total. The van der Waals surface area contributed by atoms with Crippen LogP contribution in [0.3, 0.4) is 0 Å². The molecule has 3 aromatic rings. The summed E-state index contributed by atoms with van der Waals surface area (Å²) in [6.45, 7) is 3.87. The van der Waals surface area contributed by atoms with Gasteiger partial charge in [-0.15, -0.1) is 0 Å². The van der Waals surface area contributed by atoms with E-state index in [-0.39, 0.29) is 5.82 Å². The number of halogens is 1. The minimum atomic E-state index is -0.236. The van der Waals surface area contributed by atoms with Crippen molar-refractivity contribution >= 4 is 23.4 Å². The molecule has 0 spiro atoms. The summed E-state index contributed by atoms with van der Waals surface area (Å²) < 4.78 is 18.1. The first kappa shape index (κ1) is 14.0. The lowest BCUT2D eigenvalue weighted by Gasteiger charge is -2.09. The number of benzene rings is 1. The molecule has 0 saturated carbocycles. The number of nitrogens with zero attached hydrogens (tertiary/aromatic N) is 3. The molecule has 0 atom stereocenters. The van der Waals surface area contributed by atoms with Gasteiger partial charge in [0.05, 0.1) is 11.4 Å². The molecule has 0 radical (unpaired) electrons. The molecule has 6 heteroatoms. The molecule has 4 nitrogen and oxygen atoms in total. The summed E-state index contributed by atoms with van der Waals surface area (Å²) in [6.07, 6.45) is 1.89. The van der Waals surface area contributed by atoms with Crippen LogP contribution in [-0.2, 0) is 13.5 Å². The summed E-state index contributed by atoms with van der Waals surface area (Å²) in [5.74, 6) is -0.236. The first-order chi connectivity index (χ1) is 10.0. The summed E-state index contributed by atoms with van der Waals surface area (Å²) in [6, 6.07) is 5.02. The van der Waals surface area contributed by atoms with E-state index in [9.17, 15) is 4.39 Å². The van der Waals surface area contributed by atoms with Crippen LogP contribution in [0.25, 0.3) is 16.9 Å². The van der Waals surface area contributed by atoms with Gasteiger partial charge in [0.1, 0.15) is 11.3 Å². The van der Waals surface area contributed by atoms with Crippen molar-refractivity contribution in [1.29, 1.82) is 0 Å². The van der Waals surface area contributed by atoms with Crippen LogP contribution >= 0.6 is 12.2 Å². The molecule has 0 bridgehead atoms. The molecule has 0 aliphatic carbocycles. The van der Waals surface area contributed by atoms with Gasteiger partial charge in [0.25, 0.3) is 0 Å². The summed E-state index contributed by atoms with van der Waals surface area (Å²) in [7, 11) is 1.88. The highest BCUT2D eigenvalue weighted by Crippen LogP contribution is 2.25. The van der Waals surface area contributed by atoms with Crippen LogP contribution in [0.4, 0.5) is 4.39 Å².